The van der Waals surface area contributed by atoms with Crippen LogP contribution in [0.4, 0.5) is 0 Å². The van der Waals surface area contributed by atoms with E-state index in [2.05, 4.69) is 89.5 Å². The van der Waals surface area contributed by atoms with Gasteiger partial charge in [0.2, 0.25) is 0 Å². The van der Waals surface area contributed by atoms with E-state index in [4.69, 9.17) is 23.7 Å². The molecule has 5 fully saturated rings. The fourth-order valence-electron chi connectivity index (χ4n) is 8.92. The normalized spacial score (nSPS) is 34.5. The van der Waals surface area contributed by atoms with Crippen LogP contribution in [0.3, 0.4) is 0 Å². The Balaban J connectivity index is 0.000000241. The van der Waals surface area contributed by atoms with Crippen LogP contribution in [0.1, 0.15) is 131 Å². The van der Waals surface area contributed by atoms with Crippen LogP contribution in [0.2, 0.25) is 0 Å². The van der Waals surface area contributed by atoms with E-state index < -0.39 is 0 Å². The van der Waals surface area contributed by atoms with Crippen molar-refractivity contribution in [3.8, 4) is 23.7 Å². The Morgan fingerprint density at radius 1 is 0.796 bits per heavy atom. The number of carbonyl (C=O) groups is 1. The number of fused-ring (bicyclic) bond motifs is 1. The number of rotatable bonds is 14. The summed E-state index contributed by atoms with van der Waals surface area (Å²) in [5.74, 6) is 15.4. The molecule has 0 radical (unpaired) electrons. The van der Waals surface area contributed by atoms with Gasteiger partial charge in [-0.15, -0.1) is 23.7 Å². The highest BCUT2D eigenvalue weighted by atomic mass is 16.7. The summed E-state index contributed by atoms with van der Waals surface area (Å²) in [5, 5.41) is 19.7. The average Bonchev–Trinajstić information content (AvgIpc) is 3.76. The molecule has 3 saturated heterocycles. The zero-order chi connectivity index (χ0) is 38.9. The first-order valence-electron chi connectivity index (χ1n) is 21.5. The highest BCUT2D eigenvalue weighted by molar-refractivity contribution is 5.72. The first kappa shape index (κ1) is 44.5. The van der Waals surface area contributed by atoms with Gasteiger partial charge in [-0.05, 0) is 99.2 Å². The van der Waals surface area contributed by atoms with Crippen molar-refractivity contribution in [3.63, 3.8) is 0 Å². The summed E-state index contributed by atoms with van der Waals surface area (Å²) in [5.41, 5.74) is 0. The third kappa shape index (κ3) is 13.8. The predicted octanol–water partition coefficient (Wildman–Crippen LogP) is 8.39. The maximum atomic E-state index is 11.7. The lowest BCUT2D eigenvalue weighted by Gasteiger charge is -2.29. The molecule has 2 N–H and O–H groups in total. The van der Waals surface area contributed by atoms with E-state index in [1.165, 1.54) is 0 Å². The van der Waals surface area contributed by atoms with E-state index >= 15 is 0 Å². The molecule has 0 amide bonds. The molecule has 4 unspecified atom stereocenters. The molecule has 304 valence electrons. The summed E-state index contributed by atoms with van der Waals surface area (Å²) in [6.45, 7) is 14.6. The van der Waals surface area contributed by atoms with Crippen molar-refractivity contribution in [1.29, 1.82) is 0 Å². The zero-order valence-corrected chi connectivity index (χ0v) is 34.3. The second kappa shape index (κ2) is 23.8. The largest absolute Gasteiger partial charge is 0.462 e. The summed E-state index contributed by atoms with van der Waals surface area (Å²) < 4.78 is 29.7. The van der Waals surface area contributed by atoms with Crippen molar-refractivity contribution in [3.05, 3.63) is 24.3 Å². The molecule has 14 atom stereocenters. The molecule has 5 aliphatic rings. The van der Waals surface area contributed by atoms with Crippen LogP contribution in [-0.2, 0) is 28.5 Å². The van der Waals surface area contributed by atoms with Crippen molar-refractivity contribution >= 4 is 5.97 Å². The molecule has 0 bridgehead atoms. The Labute approximate surface area is 327 Å². The SMILES string of the molecule is CCC#CC[C@H](C)C(/C=C/[C@@H]1[C@@H](CCO)[C@@H](O)C[C@H]1C)OC1CCCCO1.CCC#CC[C@H](C)C(/C=C/[C@@H]1[C@H]2CC(=O)O[C@H]2C[C@H]1C)OC1CCCCO1. The van der Waals surface area contributed by atoms with Crippen molar-refractivity contribution in [1.82, 2.24) is 0 Å². The molecule has 3 heterocycles. The fraction of sp³-hybridized carbons (Fsp3) is 0.804. The summed E-state index contributed by atoms with van der Waals surface area (Å²) >= 11 is 0. The van der Waals surface area contributed by atoms with Crippen LogP contribution in [0.25, 0.3) is 0 Å². The summed E-state index contributed by atoms with van der Waals surface area (Å²) in [4.78, 5) is 11.7. The summed E-state index contributed by atoms with van der Waals surface area (Å²) in [7, 11) is 0. The van der Waals surface area contributed by atoms with E-state index in [0.29, 0.717) is 42.4 Å². The first-order chi connectivity index (χ1) is 26.1. The van der Waals surface area contributed by atoms with Gasteiger partial charge in [0.1, 0.15) is 6.10 Å². The molecule has 3 aliphatic heterocycles. The highest BCUT2D eigenvalue weighted by Crippen LogP contribution is 2.45. The zero-order valence-electron chi connectivity index (χ0n) is 34.3. The van der Waals surface area contributed by atoms with Crippen molar-refractivity contribution in [2.45, 2.75) is 168 Å². The van der Waals surface area contributed by atoms with Crippen molar-refractivity contribution < 1.29 is 38.7 Å². The second-order valence-corrected chi connectivity index (χ2v) is 16.6. The molecule has 2 aliphatic carbocycles. The highest BCUT2D eigenvalue weighted by Gasteiger charge is 2.47. The van der Waals surface area contributed by atoms with E-state index in [9.17, 15) is 15.0 Å². The van der Waals surface area contributed by atoms with E-state index in [-0.39, 0.29) is 67.3 Å². The van der Waals surface area contributed by atoms with Gasteiger partial charge in [-0.1, -0.05) is 65.8 Å². The van der Waals surface area contributed by atoms with Crippen LogP contribution in [0, 0.1) is 71.0 Å². The van der Waals surface area contributed by atoms with Gasteiger partial charge in [0.15, 0.2) is 12.6 Å². The van der Waals surface area contributed by atoms with Gasteiger partial charge < -0.3 is 33.9 Å². The number of aliphatic hydroxyl groups is 2. The van der Waals surface area contributed by atoms with Gasteiger partial charge in [0.05, 0.1) is 24.7 Å². The fourth-order valence-corrected chi connectivity index (χ4v) is 8.92. The van der Waals surface area contributed by atoms with Gasteiger partial charge in [-0.2, -0.15) is 0 Å². The van der Waals surface area contributed by atoms with Gasteiger partial charge in [-0.25, -0.2) is 0 Å². The quantitative estimate of drug-likeness (QED) is 0.104. The number of carbonyl (C=O) groups excluding carboxylic acids is 1. The number of ether oxygens (including phenoxy) is 5. The molecule has 2 saturated carbocycles. The van der Waals surface area contributed by atoms with Crippen LogP contribution in [-0.4, -0.2) is 73.0 Å². The Morgan fingerprint density at radius 2 is 1.33 bits per heavy atom. The average molecular weight is 753 g/mol. The summed E-state index contributed by atoms with van der Waals surface area (Å²) in [6.07, 6.45) is 21.2. The number of hydrogen-bond acceptors (Lipinski definition) is 8. The van der Waals surface area contributed by atoms with Gasteiger partial charge >= 0.3 is 5.97 Å². The van der Waals surface area contributed by atoms with E-state index in [1.807, 2.05) is 0 Å². The lowest BCUT2D eigenvalue weighted by molar-refractivity contribution is -0.186. The van der Waals surface area contributed by atoms with Crippen LogP contribution in [0.15, 0.2) is 24.3 Å². The molecule has 0 aromatic rings. The Bertz CT molecular complexity index is 1280. The van der Waals surface area contributed by atoms with E-state index in [1.54, 1.807) is 0 Å². The standard InChI is InChI=1S/C23H34O4.C23H38O4/c1-4-5-6-9-16(2)20(27-23-10-7-8-13-25-23)12-11-18-17(3)14-21-19(18)15-22(24)26-21;1-4-5-6-9-17(2)22(27-23-10-7-8-15-26-23)12-11-19-18(3)16-21(25)20(19)13-14-24/h11-12,16-21,23H,4,7-10,13-15H2,1-3H3;11-12,17-25H,4,7-10,13-16H2,1-3H3/b2*12-11+/t16-,17+,18-,19+,20?,21-,23?;17-,18+,19-,20+,21-,22?,23?/m00/s1. The van der Waals surface area contributed by atoms with Crippen LogP contribution in [0.5, 0.6) is 0 Å². The molecular formula is C46H72O8. The Morgan fingerprint density at radius 3 is 1.83 bits per heavy atom. The Hall–Kier alpha value is -2.17. The second-order valence-electron chi connectivity index (χ2n) is 16.6. The van der Waals surface area contributed by atoms with E-state index in [0.717, 1.165) is 90.3 Å². The minimum absolute atomic E-state index is 0.0106. The minimum atomic E-state index is -0.323. The number of aliphatic hydroxyl groups excluding tert-OH is 2. The lowest BCUT2D eigenvalue weighted by Crippen LogP contribution is -2.31. The molecule has 0 aromatic heterocycles. The number of hydrogen-bond donors (Lipinski definition) is 2. The summed E-state index contributed by atoms with van der Waals surface area (Å²) in [6, 6.07) is 0. The Kier molecular flexibility index (Phi) is 19.6. The van der Waals surface area contributed by atoms with Crippen molar-refractivity contribution in [2.75, 3.05) is 19.8 Å². The topological polar surface area (TPSA) is 104 Å². The number of esters is 1. The van der Waals surface area contributed by atoms with Gasteiger partial charge in [-0.3, -0.25) is 4.79 Å². The molecule has 8 heteroatoms. The third-order valence-electron chi connectivity index (χ3n) is 12.2. The first-order valence-corrected chi connectivity index (χ1v) is 21.5. The van der Waals surface area contributed by atoms with Gasteiger partial charge in [0.25, 0.3) is 0 Å². The third-order valence-corrected chi connectivity index (χ3v) is 12.2. The van der Waals surface area contributed by atoms with Crippen LogP contribution < -0.4 is 0 Å². The molecule has 0 spiro atoms. The van der Waals surface area contributed by atoms with Crippen LogP contribution >= 0.6 is 0 Å². The molecule has 5 rings (SSSR count). The van der Waals surface area contributed by atoms with Crippen molar-refractivity contribution in [2.24, 2.45) is 47.3 Å². The predicted molar refractivity (Wildman–Crippen MR) is 213 cm³/mol. The van der Waals surface area contributed by atoms with Gasteiger partial charge in [0, 0.05) is 51.4 Å². The lowest BCUT2D eigenvalue weighted by atomic mass is 9.86. The molecular weight excluding hydrogens is 680 g/mol. The maximum absolute atomic E-state index is 11.7. The monoisotopic (exact) mass is 753 g/mol. The molecule has 54 heavy (non-hydrogen) atoms. The maximum Gasteiger partial charge on any atom is 0.306 e. The molecule has 8 nitrogen and oxygen atoms in total. The number of allylic oxidation sites excluding steroid dienone is 2. The minimum Gasteiger partial charge on any atom is -0.462 e. The molecule has 0 aromatic carbocycles. The smallest absolute Gasteiger partial charge is 0.306 e.